The monoisotopic (exact) mass is 406 g/mol. The number of methoxy groups -OCH3 is 1. The van der Waals surface area contributed by atoms with Crippen molar-refractivity contribution in [3.05, 3.63) is 53.8 Å². The quantitative estimate of drug-likeness (QED) is 0.718. The van der Waals surface area contributed by atoms with Crippen LogP contribution in [0.5, 0.6) is 5.75 Å². The van der Waals surface area contributed by atoms with Gasteiger partial charge in [0.2, 0.25) is 5.91 Å². The van der Waals surface area contributed by atoms with Gasteiger partial charge in [-0.25, -0.2) is 0 Å². The second-order valence-electron chi connectivity index (χ2n) is 8.27. The molecule has 5 rings (SSSR count). The van der Waals surface area contributed by atoms with Crippen molar-refractivity contribution in [3.8, 4) is 16.9 Å². The average Bonchev–Trinajstić information content (AvgIpc) is 3.30. The fraction of sp³-hybridized carbons (Fsp3) is 0.375. The Morgan fingerprint density at radius 2 is 2.07 bits per heavy atom. The molecule has 0 aliphatic carbocycles. The van der Waals surface area contributed by atoms with Gasteiger partial charge in [0.15, 0.2) is 0 Å². The normalized spacial score (nSPS) is 22.0. The third kappa shape index (κ3) is 3.36. The SMILES string of the molecule is COc1cc2c(-c3ccccc3)c(C)oc2cc1CN1CCC2(CNC(=O)CO2)C1. The van der Waals surface area contributed by atoms with Gasteiger partial charge in [-0.15, -0.1) is 0 Å². The number of hydrogen-bond donors (Lipinski definition) is 1. The van der Waals surface area contributed by atoms with Gasteiger partial charge in [0.25, 0.3) is 0 Å². The number of aryl methyl sites for hydroxylation is 1. The number of ether oxygens (including phenoxy) is 2. The lowest BCUT2D eigenvalue weighted by Crippen LogP contribution is -2.53. The molecule has 2 fully saturated rings. The summed E-state index contributed by atoms with van der Waals surface area (Å²) >= 11 is 0. The lowest BCUT2D eigenvalue weighted by Gasteiger charge is -2.33. The van der Waals surface area contributed by atoms with Crippen LogP contribution >= 0.6 is 0 Å². The second kappa shape index (κ2) is 7.45. The maximum atomic E-state index is 11.4. The number of rotatable bonds is 4. The summed E-state index contributed by atoms with van der Waals surface area (Å²) in [6.07, 6.45) is 0.913. The highest BCUT2D eigenvalue weighted by Crippen LogP contribution is 2.39. The van der Waals surface area contributed by atoms with Crippen molar-refractivity contribution in [1.29, 1.82) is 0 Å². The molecule has 1 N–H and O–H groups in total. The van der Waals surface area contributed by atoms with Crippen molar-refractivity contribution >= 4 is 16.9 Å². The molecule has 2 aliphatic rings. The number of fused-ring (bicyclic) bond motifs is 1. The lowest BCUT2D eigenvalue weighted by atomic mass is 10.0. The number of carbonyl (C=O) groups is 1. The van der Waals surface area contributed by atoms with Gasteiger partial charge < -0.3 is 19.2 Å². The zero-order valence-electron chi connectivity index (χ0n) is 17.4. The molecular formula is C24H26N2O4. The summed E-state index contributed by atoms with van der Waals surface area (Å²) < 4.78 is 17.8. The number of nitrogens with zero attached hydrogens (tertiary/aromatic N) is 1. The highest BCUT2D eigenvalue weighted by atomic mass is 16.5. The van der Waals surface area contributed by atoms with Crippen LogP contribution in [0.2, 0.25) is 0 Å². The molecule has 2 aromatic carbocycles. The number of nitrogens with one attached hydrogen (secondary N) is 1. The molecule has 0 radical (unpaired) electrons. The number of benzene rings is 2. The molecule has 6 heteroatoms. The van der Waals surface area contributed by atoms with Crippen LogP contribution in [0, 0.1) is 6.92 Å². The lowest BCUT2D eigenvalue weighted by molar-refractivity contribution is -0.142. The smallest absolute Gasteiger partial charge is 0.246 e. The fourth-order valence-corrected chi connectivity index (χ4v) is 4.71. The molecule has 1 unspecified atom stereocenters. The highest BCUT2D eigenvalue weighted by Gasteiger charge is 2.42. The minimum Gasteiger partial charge on any atom is -0.496 e. The zero-order valence-corrected chi connectivity index (χ0v) is 17.4. The second-order valence-corrected chi connectivity index (χ2v) is 8.27. The molecular weight excluding hydrogens is 380 g/mol. The molecule has 0 bridgehead atoms. The van der Waals surface area contributed by atoms with Crippen LogP contribution in [-0.2, 0) is 16.1 Å². The summed E-state index contributed by atoms with van der Waals surface area (Å²) in [5.74, 6) is 1.73. The molecule has 3 aromatic rings. The molecule has 6 nitrogen and oxygen atoms in total. The third-order valence-corrected chi connectivity index (χ3v) is 6.24. The van der Waals surface area contributed by atoms with E-state index < -0.39 is 0 Å². The molecule has 30 heavy (non-hydrogen) atoms. The number of hydrogen-bond acceptors (Lipinski definition) is 5. The average molecular weight is 406 g/mol. The first-order chi connectivity index (χ1) is 14.6. The summed E-state index contributed by atoms with van der Waals surface area (Å²) in [6.45, 7) is 5.20. The van der Waals surface area contributed by atoms with Crippen LogP contribution < -0.4 is 10.1 Å². The van der Waals surface area contributed by atoms with Gasteiger partial charge in [0.1, 0.15) is 23.7 Å². The topological polar surface area (TPSA) is 63.9 Å². The maximum absolute atomic E-state index is 11.4. The predicted octanol–water partition coefficient (Wildman–Crippen LogP) is 3.51. The Hall–Kier alpha value is -2.83. The molecule has 2 aliphatic heterocycles. The van der Waals surface area contributed by atoms with Gasteiger partial charge in [-0.1, -0.05) is 30.3 Å². The van der Waals surface area contributed by atoms with Crippen molar-refractivity contribution in [2.45, 2.75) is 25.5 Å². The molecule has 2 saturated heterocycles. The van der Waals surface area contributed by atoms with Crippen molar-refractivity contribution in [2.75, 3.05) is 33.4 Å². The molecule has 1 atom stereocenters. The predicted molar refractivity (Wildman–Crippen MR) is 115 cm³/mol. The molecule has 1 amide bonds. The Labute approximate surface area is 175 Å². The Kier molecular flexibility index (Phi) is 4.76. The van der Waals surface area contributed by atoms with Crippen LogP contribution in [0.15, 0.2) is 46.9 Å². The number of morpholine rings is 1. The largest absolute Gasteiger partial charge is 0.496 e. The van der Waals surface area contributed by atoms with E-state index in [1.54, 1.807) is 7.11 Å². The standard InChI is InChI=1S/C24H26N2O4/c1-16-23(17-6-4-3-5-7-17)19-11-20(28-2)18(10-21(19)30-16)12-26-9-8-24(15-26)14-25-22(27)13-29-24/h3-7,10-11H,8-9,12-15H2,1-2H3,(H,25,27). The number of likely N-dealkylation sites (tertiary alicyclic amines) is 1. The fourth-order valence-electron chi connectivity index (χ4n) is 4.71. The Balaban J connectivity index is 1.44. The molecule has 0 saturated carbocycles. The van der Waals surface area contributed by atoms with Gasteiger partial charge in [-0.2, -0.15) is 0 Å². The van der Waals surface area contributed by atoms with Crippen molar-refractivity contribution in [1.82, 2.24) is 10.2 Å². The summed E-state index contributed by atoms with van der Waals surface area (Å²) in [6, 6.07) is 14.5. The van der Waals surface area contributed by atoms with E-state index in [-0.39, 0.29) is 18.1 Å². The molecule has 1 aromatic heterocycles. The van der Waals surface area contributed by atoms with Crippen LogP contribution in [0.3, 0.4) is 0 Å². The third-order valence-electron chi connectivity index (χ3n) is 6.24. The van der Waals surface area contributed by atoms with E-state index in [0.29, 0.717) is 6.54 Å². The van der Waals surface area contributed by atoms with E-state index in [0.717, 1.165) is 65.2 Å². The summed E-state index contributed by atoms with van der Waals surface area (Å²) in [5.41, 5.74) is 3.95. The van der Waals surface area contributed by atoms with E-state index in [1.165, 1.54) is 0 Å². The number of amides is 1. The first-order valence-corrected chi connectivity index (χ1v) is 10.4. The summed E-state index contributed by atoms with van der Waals surface area (Å²) in [5, 5.41) is 4.01. The number of carbonyl (C=O) groups excluding carboxylic acids is 1. The van der Waals surface area contributed by atoms with Gasteiger partial charge in [0, 0.05) is 42.7 Å². The summed E-state index contributed by atoms with van der Waals surface area (Å²) in [4.78, 5) is 13.8. The van der Waals surface area contributed by atoms with E-state index in [4.69, 9.17) is 13.9 Å². The van der Waals surface area contributed by atoms with Gasteiger partial charge in [0.05, 0.1) is 12.7 Å². The molecule has 1 spiro atoms. The minimum atomic E-state index is -0.271. The summed E-state index contributed by atoms with van der Waals surface area (Å²) in [7, 11) is 1.71. The van der Waals surface area contributed by atoms with Crippen molar-refractivity contribution < 1.29 is 18.7 Å². The first-order valence-electron chi connectivity index (χ1n) is 10.4. The van der Waals surface area contributed by atoms with E-state index in [9.17, 15) is 4.79 Å². The number of furan rings is 1. The Morgan fingerprint density at radius 3 is 2.80 bits per heavy atom. The first kappa shape index (κ1) is 19.2. The zero-order chi connectivity index (χ0) is 20.7. The molecule has 3 heterocycles. The van der Waals surface area contributed by atoms with Crippen molar-refractivity contribution in [3.63, 3.8) is 0 Å². The van der Waals surface area contributed by atoms with E-state index in [2.05, 4.69) is 34.5 Å². The van der Waals surface area contributed by atoms with Gasteiger partial charge >= 0.3 is 0 Å². The Morgan fingerprint density at radius 1 is 1.23 bits per heavy atom. The van der Waals surface area contributed by atoms with Crippen LogP contribution in [0.4, 0.5) is 0 Å². The van der Waals surface area contributed by atoms with Crippen molar-refractivity contribution in [2.24, 2.45) is 0 Å². The minimum absolute atomic E-state index is 0.0337. The molecule has 156 valence electrons. The Bertz CT molecular complexity index is 1080. The van der Waals surface area contributed by atoms with Crippen LogP contribution in [0.25, 0.3) is 22.1 Å². The van der Waals surface area contributed by atoms with Gasteiger partial charge in [-0.3, -0.25) is 9.69 Å². The van der Waals surface area contributed by atoms with E-state index >= 15 is 0 Å². The van der Waals surface area contributed by atoms with Gasteiger partial charge in [-0.05, 0) is 31.0 Å². The van der Waals surface area contributed by atoms with Crippen LogP contribution in [0.1, 0.15) is 17.7 Å². The highest BCUT2D eigenvalue weighted by molar-refractivity contribution is 5.97. The van der Waals surface area contributed by atoms with Crippen LogP contribution in [-0.4, -0.2) is 49.8 Å². The van der Waals surface area contributed by atoms with E-state index in [1.807, 2.05) is 25.1 Å². The maximum Gasteiger partial charge on any atom is 0.246 e.